The van der Waals surface area contributed by atoms with Crippen LogP contribution in [0.1, 0.15) is 38.7 Å². The predicted molar refractivity (Wildman–Crippen MR) is 102 cm³/mol. The van der Waals surface area contributed by atoms with E-state index in [9.17, 15) is 0 Å². The van der Waals surface area contributed by atoms with Gasteiger partial charge in [0.1, 0.15) is 0 Å². The average Bonchev–Trinajstić information content (AvgIpc) is 3.22. The van der Waals surface area contributed by atoms with E-state index < -0.39 is 0 Å². The number of hydrogen-bond acceptors (Lipinski definition) is 5. The van der Waals surface area contributed by atoms with E-state index in [0.717, 1.165) is 61.8 Å². The first-order chi connectivity index (χ1) is 12.6. The van der Waals surface area contributed by atoms with Gasteiger partial charge in [-0.2, -0.15) is 5.10 Å². The fourth-order valence-corrected chi connectivity index (χ4v) is 3.59. The van der Waals surface area contributed by atoms with Crippen molar-refractivity contribution in [2.75, 3.05) is 20.1 Å². The van der Waals surface area contributed by atoms with E-state index in [2.05, 4.69) is 53.5 Å². The van der Waals surface area contributed by atoms with Crippen molar-refractivity contribution in [1.82, 2.24) is 20.0 Å². The number of likely N-dealkylation sites (tertiary alicyclic amines) is 1. The fraction of sp³-hybridized carbons (Fsp3) is 0.579. The van der Waals surface area contributed by atoms with Gasteiger partial charge in [0.25, 0.3) is 0 Å². The van der Waals surface area contributed by atoms with Gasteiger partial charge >= 0.3 is 5.84 Å². The zero-order valence-corrected chi connectivity index (χ0v) is 15.9. The van der Waals surface area contributed by atoms with Crippen LogP contribution in [0.3, 0.4) is 0 Å². The van der Waals surface area contributed by atoms with E-state index in [-0.39, 0.29) is 0 Å². The van der Waals surface area contributed by atoms with Crippen molar-refractivity contribution in [2.45, 2.75) is 45.7 Å². The lowest BCUT2D eigenvalue weighted by molar-refractivity contribution is -0.379. The molecule has 7 heteroatoms. The first-order valence-corrected chi connectivity index (χ1v) is 9.55. The standard InChI is InChI=1S/C19H28N7/c1-14(2)12-25-13-15(10-21-25)17-11-20-19-5-4-18(23-26(17)19)22-16-6-8-24(3)9-7-16/h4,10-11,13-14,16,22H,5-9,12H2,1-3H3/q+1. The Hall–Kier alpha value is -2.28. The van der Waals surface area contributed by atoms with Crippen LogP contribution < -0.4 is 5.32 Å². The molecule has 26 heavy (non-hydrogen) atoms. The molecular weight excluding hydrogens is 326 g/mol. The van der Waals surface area contributed by atoms with Gasteiger partial charge in [0.2, 0.25) is 5.70 Å². The number of aromatic nitrogens is 2. The van der Waals surface area contributed by atoms with Crippen LogP contribution in [-0.4, -0.2) is 51.4 Å². The summed E-state index contributed by atoms with van der Waals surface area (Å²) in [6, 6.07) is 0.503. The topological polar surface area (TPSA) is 60.8 Å². The summed E-state index contributed by atoms with van der Waals surface area (Å²) in [5.74, 6) is 2.51. The minimum atomic E-state index is 0.503. The molecule has 0 saturated carbocycles. The van der Waals surface area contributed by atoms with Crippen molar-refractivity contribution in [3.8, 4) is 0 Å². The molecule has 0 aromatic carbocycles. The Bertz CT molecular complexity index is 789. The monoisotopic (exact) mass is 354 g/mol. The molecule has 0 atom stereocenters. The molecule has 1 aromatic heterocycles. The van der Waals surface area contributed by atoms with E-state index in [0.29, 0.717) is 12.0 Å². The fourth-order valence-electron chi connectivity index (χ4n) is 3.59. The maximum absolute atomic E-state index is 4.82. The maximum Gasteiger partial charge on any atom is 0.328 e. The van der Waals surface area contributed by atoms with Crippen LogP contribution >= 0.6 is 0 Å². The predicted octanol–water partition coefficient (Wildman–Crippen LogP) is 2.64. The van der Waals surface area contributed by atoms with Crippen molar-refractivity contribution in [1.29, 1.82) is 0 Å². The molecule has 0 spiro atoms. The number of hydrogen-bond donors (Lipinski definition) is 1. The Kier molecular flexibility index (Phi) is 4.72. The summed E-state index contributed by atoms with van der Waals surface area (Å²) in [7, 11) is 2.18. The van der Waals surface area contributed by atoms with Gasteiger partial charge in [0, 0.05) is 18.8 Å². The van der Waals surface area contributed by atoms with E-state index in [1.807, 2.05) is 21.8 Å². The zero-order chi connectivity index (χ0) is 18.1. The third-order valence-electron chi connectivity index (χ3n) is 5.05. The Morgan fingerprint density at radius 2 is 2.12 bits per heavy atom. The summed E-state index contributed by atoms with van der Waals surface area (Å²) in [5, 5.41) is 12.9. The maximum atomic E-state index is 4.82. The second-order valence-corrected chi connectivity index (χ2v) is 7.83. The number of aliphatic imine (C=N–C) groups is 1. The first-order valence-electron chi connectivity index (χ1n) is 9.55. The highest BCUT2D eigenvalue weighted by Gasteiger charge is 2.32. The van der Waals surface area contributed by atoms with Crippen LogP contribution in [-0.2, 0) is 6.54 Å². The number of fused-ring (bicyclic) bond motifs is 1. The average molecular weight is 354 g/mol. The van der Waals surface area contributed by atoms with Crippen LogP contribution in [0.4, 0.5) is 0 Å². The molecule has 4 rings (SSSR count). The normalized spacial score (nSPS) is 21.2. The second-order valence-electron chi connectivity index (χ2n) is 7.83. The molecule has 138 valence electrons. The van der Waals surface area contributed by atoms with E-state index in [1.165, 1.54) is 0 Å². The van der Waals surface area contributed by atoms with E-state index >= 15 is 0 Å². The van der Waals surface area contributed by atoms with Crippen molar-refractivity contribution < 1.29 is 4.70 Å². The van der Waals surface area contributed by atoms with Crippen molar-refractivity contribution >= 4 is 11.5 Å². The quantitative estimate of drug-likeness (QED) is 0.827. The minimum absolute atomic E-state index is 0.503. The molecule has 1 saturated heterocycles. The summed E-state index contributed by atoms with van der Waals surface area (Å²) in [5.41, 5.74) is 2.07. The molecule has 1 fully saturated rings. The van der Waals surface area contributed by atoms with Gasteiger partial charge in [-0.25, -0.2) is 0 Å². The number of rotatable bonds is 5. The second kappa shape index (κ2) is 7.15. The number of nitrogens with one attached hydrogen (secondary N) is 1. The summed E-state index contributed by atoms with van der Waals surface area (Å²) in [6.45, 7) is 7.59. The smallest absolute Gasteiger partial charge is 0.328 e. The van der Waals surface area contributed by atoms with Gasteiger partial charge in [-0.3, -0.25) is 4.68 Å². The molecule has 3 aliphatic rings. The molecule has 0 aliphatic carbocycles. The molecule has 1 N–H and O–H groups in total. The molecule has 4 heterocycles. The summed E-state index contributed by atoms with van der Waals surface area (Å²) in [6.07, 6.45) is 11.2. The van der Waals surface area contributed by atoms with Gasteiger partial charge in [-0.1, -0.05) is 23.7 Å². The highest BCUT2D eigenvalue weighted by Crippen LogP contribution is 2.26. The number of azo groups is 2. The van der Waals surface area contributed by atoms with Crippen LogP contribution in [0.5, 0.6) is 0 Å². The Balaban J connectivity index is 1.47. The van der Waals surface area contributed by atoms with Crippen LogP contribution in [0, 0.1) is 5.92 Å². The zero-order valence-electron chi connectivity index (χ0n) is 15.9. The highest BCUT2D eigenvalue weighted by atomic mass is 15.4. The van der Waals surface area contributed by atoms with Crippen molar-refractivity contribution in [3.63, 3.8) is 0 Å². The summed E-state index contributed by atoms with van der Waals surface area (Å²) < 4.78 is 3.96. The lowest BCUT2D eigenvalue weighted by atomic mass is 10.1. The lowest BCUT2D eigenvalue weighted by Crippen LogP contribution is -2.40. The minimum Gasteiger partial charge on any atom is -0.364 e. The highest BCUT2D eigenvalue weighted by molar-refractivity contribution is 5.85. The van der Waals surface area contributed by atoms with Gasteiger partial charge in [0.05, 0.1) is 18.2 Å². The molecule has 0 amide bonds. The Morgan fingerprint density at radius 1 is 1.31 bits per heavy atom. The largest absolute Gasteiger partial charge is 0.364 e. The van der Waals surface area contributed by atoms with E-state index in [4.69, 9.17) is 5.11 Å². The van der Waals surface area contributed by atoms with Gasteiger partial charge in [0.15, 0.2) is 12.0 Å². The van der Waals surface area contributed by atoms with Gasteiger partial charge < -0.3 is 10.2 Å². The Labute approximate surface area is 154 Å². The number of nitrogens with zero attached hydrogens (tertiary/aromatic N) is 6. The molecule has 3 aliphatic heterocycles. The van der Waals surface area contributed by atoms with Crippen molar-refractivity contribution in [2.24, 2.45) is 16.0 Å². The number of amidine groups is 1. The SMILES string of the molecule is CC(C)Cn1cc(C2=CN=C3CC=C(NC4CCN(C)CC4)N=[N+]23)cn1. The first kappa shape index (κ1) is 17.1. The molecule has 7 nitrogen and oxygen atoms in total. The summed E-state index contributed by atoms with van der Waals surface area (Å²) in [4.78, 5) is 6.93. The van der Waals surface area contributed by atoms with Crippen LogP contribution in [0.25, 0.3) is 5.70 Å². The van der Waals surface area contributed by atoms with Gasteiger partial charge in [-0.05, 0) is 50.0 Å². The molecule has 0 radical (unpaired) electrons. The number of piperidine rings is 1. The molecular formula is C19H28N7+. The molecule has 1 aromatic rings. The van der Waals surface area contributed by atoms with Crippen LogP contribution in [0.15, 0.2) is 40.6 Å². The van der Waals surface area contributed by atoms with Gasteiger partial charge in [-0.15, -0.1) is 0 Å². The van der Waals surface area contributed by atoms with E-state index in [1.54, 1.807) is 0 Å². The van der Waals surface area contributed by atoms with Crippen LogP contribution in [0.2, 0.25) is 0 Å². The molecule has 0 bridgehead atoms. The third-order valence-corrected chi connectivity index (χ3v) is 5.05. The summed E-state index contributed by atoms with van der Waals surface area (Å²) >= 11 is 0. The lowest BCUT2D eigenvalue weighted by Gasteiger charge is -2.30. The molecule has 0 unspecified atom stereocenters. The third kappa shape index (κ3) is 3.62. The van der Waals surface area contributed by atoms with Crippen molar-refractivity contribution in [3.05, 3.63) is 36.1 Å². The Morgan fingerprint density at radius 3 is 2.88 bits per heavy atom.